The highest BCUT2D eigenvalue weighted by atomic mass is 35.5. The van der Waals surface area contributed by atoms with Crippen molar-refractivity contribution in [2.24, 2.45) is 10.7 Å². The van der Waals surface area contributed by atoms with Gasteiger partial charge in [0.25, 0.3) is 5.91 Å². The summed E-state index contributed by atoms with van der Waals surface area (Å²) in [7, 11) is 2.94. The number of hydrogen-bond acceptors (Lipinski definition) is 8. The fourth-order valence-corrected chi connectivity index (χ4v) is 6.10. The van der Waals surface area contributed by atoms with E-state index in [0.29, 0.717) is 29.7 Å². The first-order valence-electron chi connectivity index (χ1n) is 14.8. The molecule has 3 heterocycles. The number of carbonyl (C=O) groups is 2. The fourth-order valence-electron chi connectivity index (χ4n) is 5.94. The molecule has 2 aliphatic heterocycles. The van der Waals surface area contributed by atoms with Gasteiger partial charge in [0.1, 0.15) is 57.9 Å². The van der Waals surface area contributed by atoms with Crippen molar-refractivity contribution < 1.29 is 37.7 Å². The van der Waals surface area contributed by atoms with Gasteiger partial charge in [-0.15, -0.1) is 0 Å². The van der Waals surface area contributed by atoms with Crippen LogP contribution in [-0.2, 0) is 22.2 Å². The lowest BCUT2D eigenvalue weighted by molar-refractivity contribution is -0.123. The highest BCUT2D eigenvalue weighted by Gasteiger charge is 2.46. The molecule has 13 heteroatoms. The first kappa shape index (κ1) is 32.9. The van der Waals surface area contributed by atoms with Crippen molar-refractivity contribution in [1.29, 1.82) is 0 Å². The topological polar surface area (TPSA) is 145 Å². The van der Waals surface area contributed by atoms with Gasteiger partial charge in [0.05, 0.1) is 31.5 Å². The Kier molecular flexibility index (Phi) is 8.34. The maximum atomic E-state index is 15.4. The zero-order valence-electron chi connectivity index (χ0n) is 26.4. The van der Waals surface area contributed by atoms with Gasteiger partial charge in [0.15, 0.2) is 0 Å². The summed E-state index contributed by atoms with van der Waals surface area (Å²) in [5.74, 6) is -2.46. The molecular weight excluding hydrogens is 646 g/mol. The predicted molar refractivity (Wildman–Crippen MR) is 174 cm³/mol. The van der Waals surface area contributed by atoms with Crippen molar-refractivity contribution in [2.75, 3.05) is 27.4 Å². The summed E-state index contributed by atoms with van der Waals surface area (Å²) in [6.45, 7) is 2.77. The van der Waals surface area contributed by atoms with E-state index in [0.717, 1.165) is 17.3 Å². The van der Waals surface area contributed by atoms with Crippen LogP contribution in [0.25, 0.3) is 11.3 Å². The molecule has 2 atom stereocenters. The van der Waals surface area contributed by atoms with Gasteiger partial charge in [-0.25, -0.2) is 13.8 Å². The smallest absolute Gasteiger partial charge is 0.251 e. The molecule has 0 unspecified atom stereocenters. The SMILES string of the molecule is COc1cccc([C@](O)(CNC(=O)c2cc3c(c(OC)c2)N=C(C)C3)c2cc3c(c(-c4cc(Cl)c(F)cc4F)n2)OC[C@]3(C)C(N)=O)c1. The number of fused-ring (bicyclic) bond motifs is 2. The number of aliphatic imine (C=N–C) groups is 1. The number of methoxy groups -OCH3 is 2. The Balaban J connectivity index is 1.51. The van der Waals surface area contributed by atoms with E-state index in [4.69, 9.17) is 31.5 Å². The lowest BCUT2D eigenvalue weighted by Crippen LogP contribution is -2.43. The standard InChI is InChI=1S/C35H31ClF2N4O6/c1-17-8-18-9-19(10-27(47-4)29(18)41-17)32(43)40-15-35(45,20-6-5-7-21(11-20)46-3)28-13-23-31(48-16-34(23,2)33(39)44)30(42-28)22-12-24(36)26(38)14-25(22)37/h5-7,9-14,45H,8,15-16H2,1-4H3,(H2,39,44)(H,40,43)/t34-,35+/m0/s1. The molecule has 0 spiro atoms. The summed E-state index contributed by atoms with van der Waals surface area (Å²) in [4.78, 5) is 35.6. The van der Waals surface area contributed by atoms with Crippen LogP contribution in [0.2, 0.25) is 5.02 Å². The Bertz CT molecular complexity index is 2040. The van der Waals surface area contributed by atoms with Crippen molar-refractivity contribution in [1.82, 2.24) is 10.3 Å². The number of nitrogens with zero attached hydrogens (tertiary/aromatic N) is 2. The number of aliphatic hydroxyl groups is 1. The zero-order valence-corrected chi connectivity index (χ0v) is 27.2. The van der Waals surface area contributed by atoms with Crippen LogP contribution in [0.5, 0.6) is 17.2 Å². The predicted octanol–water partition coefficient (Wildman–Crippen LogP) is 5.15. The Morgan fingerprint density at radius 2 is 1.90 bits per heavy atom. The Morgan fingerprint density at radius 1 is 1.12 bits per heavy atom. The zero-order chi connectivity index (χ0) is 34.5. The summed E-state index contributed by atoms with van der Waals surface area (Å²) in [6.07, 6.45) is 0.549. The van der Waals surface area contributed by atoms with Gasteiger partial charge in [0.2, 0.25) is 5.91 Å². The molecule has 1 aromatic heterocycles. The van der Waals surface area contributed by atoms with E-state index < -0.39 is 41.0 Å². The number of aromatic nitrogens is 1. The van der Waals surface area contributed by atoms with Crippen LogP contribution in [0.3, 0.4) is 0 Å². The minimum Gasteiger partial charge on any atom is -0.497 e. The molecule has 0 saturated heterocycles. The molecule has 48 heavy (non-hydrogen) atoms. The average Bonchev–Trinajstić information content (AvgIpc) is 3.63. The van der Waals surface area contributed by atoms with Gasteiger partial charge in [-0.3, -0.25) is 14.6 Å². The summed E-state index contributed by atoms with van der Waals surface area (Å²) in [5.41, 5.74) is 4.85. The minimum atomic E-state index is -2.12. The van der Waals surface area contributed by atoms with Crippen LogP contribution in [0, 0.1) is 11.6 Å². The van der Waals surface area contributed by atoms with E-state index in [1.54, 1.807) is 43.3 Å². The summed E-state index contributed by atoms with van der Waals surface area (Å²) < 4.78 is 46.3. The third kappa shape index (κ3) is 5.50. The normalized spacial score (nSPS) is 17.5. The van der Waals surface area contributed by atoms with Gasteiger partial charge in [-0.1, -0.05) is 23.7 Å². The molecule has 10 nitrogen and oxygen atoms in total. The third-order valence-corrected chi connectivity index (χ3v) is 9.03. The highest BCUT2D eigenvalue weighted by molar-refractivity contribution is 6.31. The maximum absolute atomic E-state index is 15.4. The number of carbonyl (C=O) groups excluding carboxylic acids is 2. The van der Waals surface area contributed by atoms with Gasteiger partial charge < -0.3 is 30.4 Å². The number of benzene rings is 3. The Morgan fingerprint density at radius 3 is 2.60 bits per heavy atom. The summed E-state index contributed by atoms with van der Waals surface area (Å²) >= 11 is 6.05. The number of nitrogens with one attached hydrogen (secondary N) is 1. The van der Waals surface area contributed by atoms with Gasteiger partial charge in [0, 0.05) is 34.9 Å². The number of amides is 2. The van der Waals surface area contributed by atoms with Crippen LogP contribution >= 0.6 is 11.6 Å². The molecule has 4 aromatic rings. The first-order chi connectivity index (χ1) is 22.8. The monoisotopic (exact) mass is 676 g/mol. The third-order valence-electron chi connectivity index (χ3n) is 8.74. The molecule has 4 N–H and O–H groups in total. The van der Waals surface area contributed by atoms with Crippen LogP contribution < -0.4 is 25.3 Å². The van der Waals surface area contributed by atoms with E-state index in [9.17, 15) is 19.1 Å². The van der Waals surface area contributed by atoms with Crippen molar-refractivity contribution in [3.05, 3.63) is 99.2 Å². The second-order valence-corrected chi connectivity index (χ2v) is 12.4. The quantitative estimate of drug-likeness (QED) is 0.208. The molecule has 2 aliphatic rings. The second-order valence-electron chi connectivity index (χ2n) is 11.9. The Hall–Kier alpha value is -5.07. The molecular formula is C35H31ClF2N4O6. The summed E-state index contributed by atoms with van der Waals surface area (Å²) in [6, 6.07) is 12.8. The molecule has 0 bridgehead atoms. The molecule has 0 aliphatic carbocycles. The molecule has 0 radical (unpaired) electrons. The minimum absolute atomic E-state index is 0.0152. The lowest BCUT2D eigenvalue weighted by Gasteiger charge is -2.30. The second kappa shape index (κ2) is 12.2. The van der Waals surface area contributed by atoms with Crippen molar-refractivity contribution in [3.63, 3.8) is 0 Å². The molecule has 6 rings (SSSR count). The molecule has 248 valence electrons. The number of pyridine rings is 1. The largest absolute Gasteiger partial charge is 0.497 e. The van der Waals surface area contributed by atoms with Gasteiger partial charge >= 0.3 is 0 Å². The van der Waals surface area contributed by atoms with Crippen molar-refractivity contribution >= 4 is 34.8 Å². The van der Waals surface area contributed by atoms with Crippen LogP contribution in [0.4, 0.5) is 14.5 Å². The van der Waals surface area contributed by atoms with Gasteiger partial charge in [-0.2, -0.15) is 0 Å². The lowest BCUT2D eigenvalue weighted by atomic mass is 9.80. The number of halogens is 3. The first-order valence-corrected chi connectivity index (χ1v) is 15.2. The van der Waals surface area contributed by atoms with E-state index >= 15 is 4.39 Å². The van der Waals surface area contributed by atoms with E-state index in [1.165, 1.54) is 20.3 Å². The van der Waals surface area contributed by atoms with Crippen LogP contribution in [0.1, 0.15) is 46.6 Å². The molecule has 3 aromatic carbocycles. The highest BCUT2D eigenvalue weighted by Crippen LogP contribution is 2.47. The van der Waals surface area contributed by atoms with Crippen LogP contribution in [-0.4, -0.2) is 55.0 Å². The number of nitrogens with two attached hydrogens (primary N) is 1. The van der Waals surface area contributed by atoms with E-state index in [1.807, 2.05) is 6.92 Å². The van der Waals surface area contributed by atoms with Crippen molar-refractivity contribution in [3.8, 4) is 28.5 Å². The molecule has 0 saturated carbocycles. The average molecular weight is 677 g/mol. The maximum Gasteiger partial charge on any atom is 0.251 e. The number of rotatable bonds is 9. The van der Waals surface area contributed by atoms with Crippen molar-refractivity contribution in [2.45, 2.75) is 31.3 Å². The molecule has 0 fully saturated rings. The fraction of sp³-hybridized carbons (Fsp3) is 0.257. The van der Waals surface area contributed by atoms with E-state index in [2.05, 4.69) is 15.3 Å². The number of ether oxygens (including phenoxy) is 3. The van der Waals surface area contributed by atoms with E-state index in [-0.39, 0.29) is 51.0 Å². The number of hydrogen-bond donors (Lipinski definition) is 3. The Labute approximate surface area is 279 Å². The van der Waals surface area contributed by atoms with Gasteiger partial charge in [-0.05, 0) is 61.4 Å². The van der Waals surface area contributed by atoms with Crippen LogP contribution in [0.15, 0.2) is 59.6 Å². The summed E-state index contributed by atoms with van der Waals surface area (Å²) in [5, 5.41) is 15.0. The number of primary amides is 1. The molecule has 2 amide bonds.